The predicted molar refractivity (Wildman–Crippen MR) is 82.2 cm³/mol. The molecule has 1 aliphatic rings. The quantitative estimate of drug-likeness (QED) is 0.838. The van der Waals surface area contributed by atoms with Gasteiger partial charge >= 0.3 is 0 Å². The van der Waals surface area contributed by atoms with Crippen LogP contribution in [-0.2, 0) is 0 Å². The van der Waals surface area contributed by atoms with Gasteiger partial charge in [0, 0.05) is 17.6 Å². The normalized spacial score (nSPS) is 19.0. The molecule has 112 valence electrons. The van der Waals surface area contributed by atoms with Gasteiger partial charge in [-0.1, -0.05) is 24.5 Å². The van der Waals surface area contributed by atoms with Crippen molar-refractivity contribution in [2.45, 2.75) is 64.6 Å². The first-order valence-corrected chi connectivity index (χ1v) is 7.79. The third kappa shape index (κ3) is 3.74. The van der Waals surface area contributed by atoms with Gasteiger partial charge < -0.3 is 15.2 Å². The fraction of sp³-hybridized carbons (Fsp3) is 0.647. The summed E-state index contributed by atoms with van der Waals surface area (Å²) >= 11 is 0. The Kier molecular flexibility index (Phi) is 5.44. The topological polar surface area (TPSA) is 41.5 Å². The molecule has 0 aromatic heterocycles. The Morgan fingerprint density at radius 2 is 2.05 bits per heavy atom. The number of aliphatic hydroxyl groups excluding tert-OH is 1. The summed E-state index contributed by atoms with van der Waals surface area (Å²) in [5.74, 6) is 0.797. The maximum atomic E-state index is 10.6. The fourth-order valence-electron chi connectivity index (χ4n) is 3.01. The third-order valence-electron chi connectivity index (χ3n) is 4.11. The molecule has 2 N–H and O–H groups in total. The monoisotopic (exact) mass is 277 g/mol. The highest BCUT2D eigenvalue weighted by molar-refractivity contribution is 5.39. The van der Waals surface area contributed by atoms with Gasteiger partial charge in [0.1, 0.15) is 5.75 Å². The second-order valence-corrected chi connectivity index (χ2v) is 5.86. The van der Waals surface area contributed by atoms with Crippen molar-refractivity contribution < 1.29 is 9.84 Å². The van der Waals surface area contributed by atoms with E-state index in [2.05, 4.69) is 12.2 Å². The Balaban J connectivity index is 2.09. The van der Waals surface area contributed by atoms with Crippen molar-refractivity contribution >= 4 is 0 Å². The summed E-state index contributed by atoms with van der Waals surface area (Å²) < 4.78 is 5.65. The molecule has 0 aliphatic heterocycles. The molecule has 3 heteroatoms. The van der Waals surface area contributed by atoms with E-state index in [0.29, 0.717) is 12.6 Å². The summed E-state index contributed by atoms with van der Waals surface area (Å²) in [4.78, 5) is 0. The number of nitrogens with one attached hydrogen (secondary N) is 1. The lowest BCUT2D eigenvalue weighted by atomic mass is 9.99. The summed E-state index contributed by atoms with van der Waals surface area (Å²) in [6.45, 7) is 6.69. The molecule has 2 unspecified atom stereocenters. The Labute approximate surface area is 122 Å². The maximum absolute atomic E-state index is 10.6. The van der Waals surface area contributed by atoms with Gasteiger partial charge in [0.15, 0.2) is 0 Å². The number of benzene rings is 1. The fourth-order valence-corrected chi connectivity index (χ4v) is 3.01. The average molecular weight is 277 g/mol. The summed E-state index contributed by atoms with van der Waals surface area (Å²) in [7, 11) is 0. The lowest BCUT2D eigenvalue weighted by Crippen LogP contribution is -2.38. The zero-order valence-electron chi connectivity index (χ0n) is 12.9. The molecule has 2 rings (SSSR count). The standard InChI is InChI=1S/C17H27NO2/c1-4-20-16-10-9-12(2)11-15(16)17(19)13(3)18-14-7-5-6-8-14/h9-11,13-14,17-19H,4-8H2,1-3H3. The minimum Gasteiger partial charge on any atom is -0.493 e. The zero-order valence-corrected chi connectivity index (χ0v) is 12.9. The number of aliphatic hydroxyl groups is 1. The lowest BCUT2D eigenvalue weighted by Gasteiger charge is -2.26. The Bertz CT molecular complexity index is 427. The van der Waals surface area contributed by atoms with Crippen LogP contribution in [0.4, 0.5) is 0 Å². The molecular weight excluding hydrogens is 250 g/mol. The van der Waals surface area contributed by atoms with Crippen molar-refractivity contribution in [3.63, 3.8) is 0 Å². The highest BCUT2D eigenvalue weighted by atomic mass is 16.5. The van der Waals surface area contributed by atoms with E-state index < -0.39 is 6.10 Å². The van der Waals surface area contributed by atoms with Crippen LogP contribution in [0.5, 0.6) is 5.75 Å². The molecule has 1 aliphatic carbocycles. The van der Waals surface area contributed by atoms with Crippen LogP contribution in [0.15, 0.2) is 18.2 Å². The van der Waals surface area contributed by atoms with Crippen LogP contribution in [0.25, 0.3) is 0 Å². The molecular formula is C17H27NO2. The molecule has 3 nitrogen and oxygen atoms in total. The molecule has 0 amide bonds. The largest absolute Gasteiger partial charge is 0.493 e. The second-order valence-electron chi connectivity index (χ2n) is 5.86. The van der Waals surface area contributed by atoms with Gasteiger partial charge in [0.25, 0.3) is 0 Å². The van der Waals surface area contributed by atoms with Gasteiger partial charge in [-0.05, 0) is 45.7 Å². The van der Waals surface area contributed by atoms with Gasteiger partial charge in [0.05, 0.1) is 12.7 Å². The molecule has 0 heterocycles. The van der Waals surface area contributed by atoms with Crippen molar-refractivity contribution in [3.8, 4) is 5.75 Å². The number of rotatable bonds is 6. The van der Waals surface area contributed by atoms with Crippen LogP contribution in [0.3, 0.4) is 0 Å². The van der Waals surface area contributed by atoms with E-state index in [9.17, 15) is 5.11 Å². The van der Waals surface area contributed by atoms with Gasteiger partial charge in [-0.15, -0.1) is 0 Å². The minimum atomic E-state index is -0.531. The number of ether oxygens (including phenoxy) is 1. The van der Waals surface area contributed by atoms with Gasteiger partial charge in [-0.25, -0.2) is 0 Å². The summed E-state index contributed by atoms with van der Waals surface area (Å²) in [5.41, 5.74) is 2.04. The molecule has 0 spiro atoms. The lowest BCUT2D eigenvalue weighted by molar-refractivity contribution is 0.125. The zero-order chi connectivity index (χ0) is 14.5. The summed E-state index contributed by atoms with van der Waals surface area (Å²) in [6, 6.07) is 6.61. The van der Waals surface area contributed by atoms with E-state index in [-0.39, 0.29) is 6.04 Å². The molecule has 0 saturated heterocycles. The molecule has 1 fully saturated rings. The van der Waals surface area contributed by atoms with Crippen molar-refractivity contribution in [2.24, 2.45) is 0 Å². The van der Waals surface area contributed by atoms with Gasteiger partial charge in [-0.2, -0.15) is 0 Å². The van der Waals surface area contributed by atoms with E-state index in [1.807, 2.05) is 32.0 Å². The third-order valence-corrected chi connectivity index (χ3v) is 4.11. The van der Waals surface area contributed by atoms with Gasteiger partial charge in [-0.3, -0.25) is 0 Å². The molecule has 2 atom stereocenters. The van der Waals surface area contributed by atoms with E-state index in [4.69, 9.17) is 4.74 Å². The molecule has 0 bridgehead atoms. The van der Waals surface area contributed by atoms with Crippen molar-refractivity contribution in [2.75, 3.05) is 6.61 Å². The first-order valence-electron chi connectivity index (χ1n) is 7.79. The molecule has 1 aromatic rings. The number of hydrogen-bond acceptors (Lipinski definition) is 3. The van der Waals surface area contributed by atoms with Crippen LogP contribution >= 0.6 is 0 Å². The van der Waals surface area contributed by atoms with Crippen LogP contribution < -0.4 is 10.1 Å². The van der Waals surface area contributed by atoms with Crippen LogP contribution in [0, 0.1) is 6.92 Å². The summed E-state index contributed by atoms with van der Waals surface area (Å²) in [6.07, 6.45) is 4.52. The van der Waals surface area contributed by atoms with Crippen molar-refractivity contribution in [1.29, 1.82) is 0 Å². The first-order chi connectivity index (χ1) is 9.61. The average Bonchev–Trinajstić information content (AvgIpc) is 2.93. The molecule has 0 radical (unpaired) electrons. The molecule has 1 saturated carbocycles. The first kappa shape index (κ1) is 15.3. The highest BCUT2D eigenvalue weighted by Crippen LogP contribution is 2.29. The van der Waals surface area contributed by atoms with Crippen molar-refractivity contribution in [1.82, 2.24) is 5.32 Å². The number of hydrogen-bond donors (Lipinski definition) is 2. The van der Waals surface area contributed by atoms with E-state index >= 15 is 0 Å². The SMILES string of the molecule is CCOc1ccc(C)cc1C(O)C(C)NC1CCCC1. The van der Waals surface area contributed by atoms with Crippen LogP contribution in [0.2, 0.25) is 0 Å². The maximum Gasteiger partial charge on any atom is 0.125 e. The second kappa shape index (κ2) is 7.09. The Morgan fingerprint density at radius 3 is 2.70 bits per heavy atom. The van der Waals surface area contributed by atoms with Crippen molar-refractivity contribution in [3.05, 3.63) is 29.3 Å². The smallest absolute Gasteiger partial charge is 0.125 e. The van der Waals surface area contributed by atoms with Crippen LogP contribution in [-0.4, -0.2) is 23.8 Å². The van der Waals surface area contributed by atoms with E-state index in [1.165, 1.54) is 25.7 Å². The van der Waals surface area contributed by atoms with Gasteiger partial charge in [0.2, 0.25) is 0 Å². The van der Waals surface area contributed by atoms with E-state index in [1.54, 1.807) is 0 Å². The molecule has 1 aromatic carbocycles. The number of aryl methyl sites for hydroxylation is 1. The summed E-state index contributed by atoms with van der Waals surface area (Å²) in [5, 5.41) is 14.2. The molecule has 20 heavy (non-hydrogen) atoms. The predicted octanol–water partition coefficient (Wildman–Crippen LogP) is 3.35. The van der Waals surface area contributed by atoms with Crippen LogP contribution in [0.1, 0.15) is 56.8 Å². The minimum absolute atomic E-state index is 0.0408. The highest BCUT2D eigenvalue weighted by Gasteiger charge is 2.24. The van der Waals surface area contributed by atoms with E-state index in [0.717, 1.165) is 16.9 Å². The Hall–Kier alpha value is -1.06. The Morgan fingerprint density at radius 1 is 1.35 bits per heavy atom.